The first-order valence-corrected chi connectivity index (χ1v) is 28.0. The van der Waals surface area contributed by atoms with E-state index in [2.05, 4.69) is 78.6 Å². The SMILES string of the molecule is CCOP(=O)(CCNc1nc(N)c2c(n1)N(Cc1cccc(CN3CCCC3)c1)CC(=O)C2)OCC.COP(C)(=O)CCOc1nc(N)c2c(n1)N(Cc1cccc(CN3CCCC3)c1)CC(=O)C2. The first-order valence-electron chi connectivity index (χ1n) is 24.1. The molecule has 4 aromatic rings. The summed E-state index contributed by atoms with van der Waals surface area (Å²) in [5, 5.41) is 3.10. The molecule has 1 unspecified atom stereocenters. The maximum absolute atomic E-state index is 12.7. The molecule has 21 heteroatoms. The van der Waals surface area contributed by atoms with Crippen LogP contribution >= 0.6 is 15.0 Å². The van der Waals surface area contributed by atoms with E-state index in [4.69, 9.17) is 34.8 Å². The molecule has 0 bridgehead atoms. The topological polar surface area (TPSA) is 234 Å². The smallest absolute Gasteiger partial charge is 0.332 e. The van der Waals surface area contributed by atoms with Gasteiger partial charge in [-0.2, -0.15) is 19.9 Å². The van der Waals surface area contributed by atoms with Crippen LogP contribution in [-0.4, -0.2) is 133 Å². The number of nitrogens with two attached hydrogens (primary N) is 2. The van der Waals surface area contributed by atoms with Crippen LogP contribution in [0.25, 0.3) is 0 Å². The van der Waals surface area contributed by atoms with Crippen molar-refractivity contribution in [3.05, 3.63) is 81.9 Å². The van der Waals surface area contributed by atoms with Crippen molar-refractivity contribution in [2.75, 3.05) is 118 Å². The number of benzene rings is 2. The number of nitrogens with one attached hydrogen (secondary N) is 1. The fourth-order valence-corrected chi connectivity index (χ4v) is 11.2. The van der Waals surface area contributed by atoms with Crippen LogP contribution in [-0.2, 0) is 71.3 Å². The summed E-state index contributed by atoms with van der Waals surface area (Å²) in [5.74, 6) is 2.28. The monoisotopic (exact) mass is 989 g/mol. The van der Waals surface area contributed by atoms with Crippen LogP contribution in [0.2, 0.25) is 0 Å². The Bertz CT molecular complexity index is 2500. The summed E-state index contributed by atoms with van der Waals surface area (Å²) in [6, 6.07) is 17.1. The molecule has 0 radical (unpaired) electrons. The first-order chi connectivity index (χ1) is 33.2. The molecule has 4 aliphatic rings. The summed E-state index contributed by atoms with van der Waals surface area (Å²) in [6.07, 6.45) is 5.91. The number of ether oxygens (including phenoxy) is 1. The van der Waals surface area contributed by atoms with Gasteiger partial charge < -0.3 is 44.9 Å². The molecule has 6 heterocycles. The fraction of sp³-hybridized carbons (Fsp3) is 0.542. The Morgan fingerprint density at radius 3 is 1.64 bits per heavy atom. The summed E-state index contributed by atoms with van der Waals surface area (Å²) < 4.78 is 46.1. The number of carbonyl (C=O) groups is 2. The molecule has 2 fully saturated rings. The van der Waals surface area contributed by atoms with Gasteiger partial charge in [-0.1, -0.05) is 48.5 Å². The van der Waals surface area contributed by atoms with Gasteiger partial charge in [0.2, 0.25) is 13.3 Å². The maximum Gasteiger partial charge on any atom is 0.332 e. The number of anilines is 5. The lowest BCUT2D eigenvalue weighted by Crippen LogP contribution is -2.37. The normalized spacial score (nSPS) is 17.3. The number of Topliss-reactive ketones (excluding diaryl/α,β-unsaturated/α-hetero) is 2. The largest absolute Gasteiger partial charge is 0.463 e. The van der Waals surface area contributed by atoms with Crippen LogP contribution in [0.1, 0.15) is 72.9 Å². The zero-order chi connectivity index (χ0) is 49.0. The minimum atomic E-state index is -3.18. The Balaban J connectivity index is 0.000000205. The van der Waals surface area contributed by atoms with Crippen molar-refractivity contribution >= 4 is 55.8 Å². The van der Waals surface area contributed by atoms with Gasteiger partial charge in [-0.25, -0.2) is 0 Å². The molecule has 2 aromatic heterocycles. The molecule has 0 spiro atoms. The van der Waals surface area contributed by atoms with Crippen LogP contribution in [0.15, 0.2) is 48.5 Å². The molecule has 2 aromatic carbocycles. The van der Waals surface area contributed by atoms with E-state index in [0.29, 0.717) is 61.6 Å². The van der Waals surface area contributed by atoms with Crippen LogP contribution in [0.5, 0.6) is 6.01 Å². The molecule has 8 rings (SSSR count). The van der Waals surface area contributed by atoms with E-state index < -0.39 is 15.0 Å². The molecule has 0 saturated carbocycles. The lowest BCUT2D eigenvalue weighted by atomic mass is 10.0. The van der Waals surface area contributed by atoms with Gasteiger partial charge >= 0.3 is 13.6 Å². The Kier molecular flexibility index (Phi) is 18.2. The molecule has 0 aliphatic carbocycles. The number of hydrogen-bond acceptors (Lipinski definition) is 19. The van der Waals surface area contributed by atoms with Crippen molar-refractivity contribution in [2.45, 2.75) is 78.6 Å². The molecular weight excluding hydrogens is 921 g/mol. The third-order valence-electron chi connectivity index (χ3n) is 12.5. The van der Waals surface area contributed by atoms with Gasteiger partial charge in [-0.05, 0) is 88.0 Å². The van der Waals surface area contributed by atoms with Crippen molar-refractivity contribution in [2.24, 2.45) is 0 Å². The summed E-state index contributed by atoms with van der Waals surface area (Å²) in [6.45, 7) is 14.3. The van der Waals surface area contributed by atoms with E-state index in [0.717, 1.165) is 50.4 Å². The second-order valence-electron chi connectivity index (χ2n) is 18.0. The zero-order valence-corrected chi connectivity index (χ0v) is 42.4. The van der Waals surface area contributed by atoms with Gasteiger partial charge in [-0.3, -0.25) is 28.5 Å². The van der Waals surface area contributed by atoms with Crippen molar-refractivity contribution in [1.82, 2.24) is 29.7 Å². The predicted octanol–water partition coefficient (Wildman–Crippen LogP) is 6.18. The Hall–Kier alpha value is -5.00. The van der Waals surface area contributed by atoms with E-state index in [1.54, 1.807) is 20.5 Å². The lowest BCUT2D eigenvalue weighted by molar-refractivity contribution is -0.118. The van der Waals surface area contributed by atoms with Gasteiger partial charge in [0.1, 0.15) is 29.9 Å². The summed E-state index contributed by atoms with van der Waals surface area (Å²) in [7, 11) is -4.46. The number of hydrogen-bond donors (Lipinski definition) is 3. The quantitative estimate of drug-likeness (QED) is 0.0790. The lowest BCUT2D eigenvalue weighted by Gasteiger charge is -2.30. The minimum Gasteiger partial charge on any atom is -0.463 e. The average molecular weight is 990 g/mol. The van der Waals surface area contributed by atoms with E-state index in [9.17, 15) is 18.7 Å². The predicted molar refractivity (Wildman–Crippen MR) is 269 cm³/mol. The standard InChI is InChI=1S/C25H37N6O4P.C23H32N5O4P/c1-3-34-36(33,35-4-2)13-10-27-25-28-23(26)22-15-21(32)18-31(24(22)29-25)17-20-9-7-8-19(14-20)16-30-11-5-6-12-30;1-31-33(2,30)11-10-32-23-25-21(24)20-13-19(29)16-28(22(20)26-23)15-18-7-5-6-17(12-18)14-27-8-3-4-9-27/h7-9,14H,3-6,10-13,15-18H2,1-2H3,(H3,26,27,28,29);5-7,12H,3-4,8-11,13-16H2,1-2H3,(H2,24,25,26). The molecular formula is C48H69N11O8P2. The highest BCUT2D eigenvalue weighted by Crippen LogP contribution is 2.47. The van der Waals surface area contributed by atoms with Crippen LogP contribution < -0.4 is 31.3 Å². The number of likely N-dealkylation sites (tertiary alicyclic amines) is 2. The van der Waals surface area contributed by atoms with Gasteiger partial charge in [0.05, 0.1) is 38.6 Å². The van der Waals surface area contributed by atoms with E-state index in [1.165, 1.54) is 43.9 Å². The highest BCUT2D eigenvalue weighted by Gasteiger charge is 2.30. The third kappa shape index (κ3) is 14.8. The molecule has 4 aliphatic heterocycles. The number of carbonyl (C=O) groups excluding carboxylic acids is 2. The molecule has 0 amide bonds. The van der Waals surface area contributed by atoms with E-state index >= 15 is 0 Å². The highest BCUT2D eigenvalue weighted by atomic mass is 31.2. The molecule has 19 nitrogen and oxygen atoms in total. The highest BCUT2D eigenvalue weighted by molar-refractivity contribution is 7.58. The Morgan fingerprint density at radius 1 is 0.667 bits per heavy atom. The van der Waals surface area contributed by atoms with Crippen LogP contribution in [0.4, 0.5) is 29.2 Å². The van der Waals surface area contributed by atoms with E-state index in [-0.39, 0.29) is 74.1 Å². The van der Waals surface area contributed by atoms with Gasteiger partial charge in [0.15, 0.2) is 11.6 Å². The van der Waals surface area contributed by atoms with Crippen molar-refractivity contribution in [3.63, 3.8) is 0 Å². The summed E-state index contributed by atoms with van der Waals surface area (Å²) in [4.78, 5) is 51.6. The average Bonchev–Trinajstić information content (AvgIpc) is 4.03. The van der Waals surface area contributed by atoms with Crippen molar-refractivity contribution < 1.29 is 37.0 Å². The second kappa shape index (κ2) is 24.2. The maximum atomic E-state index is 12.7. The molecule has 374 valence electrons. The molecule has 2 saturated heterocycles. The number of nitrogens with zero attached hydrogens (tertiary/aromatic N) is 8. The van der Waals surface area contributed by atoms with Crippen molar-refractivity contribution in [1.29, 1.82) is 0 Å². The molecule has 69 heavy (non-hydrogen) atoms. The summed E-state index contributed by atoms with van der Waals surface area (Å²) in [5.41, 5.74) is 18.5. The minimum absolute atomic E-state index is 0.0757. The number of aromatic nitrogens is 4. The van der Waals surface area contributed by atoms with Gasteiger partial charge in [0, 0.05) is 70.5 Å². The molecule has 5 N–H and O–H groups in total. The number of ketones is 2. The first kappa shape index (κ1) is 51.8. The Morgan fingerprint density at radius 2 is 1.14 bits per heavy atom. The number of rotatable bonds is 21. The second-order valence-corrected chi connectivity index (χ2v) is 23.1. The number of nitrogen functional groups attached to an aromatic ring is 2. The Labute approximate surface area is 406 Å². The van der Waals surface area contributed by atoms with Crippen LogP contribution in [0.3, 0.4) is 0 Å². The number of fused-ring (bicyclic) bond motifs is 2. The fourth-order valence-electron chi connectivity index (χ4n) is 9.06. The van der Waals surface area contributed by atoms with Crippen LogP contribution in [0, 0.1) is 0 Å². The van der Waals surface area contributed by atoms with E-state index in [1.807, 2.05) is 9.80 Å². The molecule has 1 atom stereocenters. The van der Waals surface area contributed by atoms with Gasteiger partial charge in [0.25, 0.3) is 0 Å². The van der Waals surface area contributed by atoms with Crippen molar-refractivity contribution in [3.8, 4) is 6.01 Å². The summed E-state index contributed by atoms with van der Waals surface area (Å²) >= 11 is 0. The van der Waals surface area contributed by atoms with Gasteiger partial charge in [-0.15, -0.1) is 0 Å². The zero-order valence-electron chi connectivity index (χ0n) is 40.6. The third-order valence-corrected chi connectivity index (χ3v) is 16.3.